The zero-order valence-electron chi connectivity index (χ0n) is 16.8. The first-order chi connectivity index (χ1) is 15.3. The molecule has 3 aromatic carbocycles. The van der Waals surface area contributed by atoms with Crippen LogP contribution < -0.4 is 5.32 Å². The van der Waals surface area contributed by atoms with Crippen molar-refractivity contribution < 1.29 is 23.8 Å². The molecule has 0 radical (unpaired) electrons. The minimum absolute atomic E-state index is 0.104. The van der Waals surface area contributed by atoms with E-state index >= 15 is 0 Å². The number of benzene rings is 3. The summed E-state index contributed by atoms with van der Waals surface area (Å²) in [6.45, 7) is 0.104. The quantitative estimate of drug-likeness (QED) is 0.351. The number of aliphatic hydroxyl groups is 2. The third-order valence-corrected chi connectivity index (χ3v) is 6.55. The van der Waals surface area contributed by atoms with E-state index in [4.69, 9.17) is 11.6 Å². The smallest absolute Gasteiger partial charge is 0.260 e. The summed E-state index contributed by atoms with van der Waals surface area (Å²) in [5.74, 6) is -2.95. The van der Waals surface area contributed by atoms with Crippen LogP contribution >= 0.6 is 11.6 Å². The lowest BCUT2D eigenvalue weighted by molar-refractivity contribution is -0.110. The van der Waals surface area contributed by atoms with Gasteiger partial charge in [0.1, 0.15) is 17.4 Å². The second kappa shape index (κ2) is 7.43. The van der Waals surface area contributed by atoms with Crippen LogP contribution in [0.2, 0.25) is 5.02 Å². The topological polar surface area (TPSA) is 69.6 Å². The van der Waals surface area contributed by atoms with Gasteiger partial charge in [-0.05, 0) is 48.2 Å². The fraction of sp³-hybridized carbons (Fsp3) is 0.160. The summed E-state index contributed by atoms with van der Waals surface area (Å²) in [5.41, 5.74) is 2.70. The Labute approximate surface area is 187 Å². The summed E-state index contributed by atoms with van der Waals surface area (Å²) in [5, 5.41) is 23.4. The van der Waals surface area contributed by atoms with E-state index in [1.807, 2.05) is 24.3 Å². The number of nitrogens with one attached hydrogen (secondary N) is 1. The van der Waals surface area contributed by atoms with Gasteiger partial charge in [-0.3, -0.25) is 4.79 Å². The first-order valence-corrected chi connectivity index (χ1v) is 10.5. The van der Waals surface area contributed by atoms with Crippen LogP contribution in [0.3, 0.4) is 0 Å². The van der Waals surface area contributed by atoms with Gasteiger partial charge in [-0.1, -0.05) is 35.9 Å². The van der Waals surface area contributed by atoms with Crippen molar-refractivity contribution in [1.82, 2.24) is 0 Å². The molecule has 5 rings (SSSR count). The van der Waals surface area contributed by atoms with Crippen LogP contribution in [0.1, 0.15) is 29.5 Å². The number of fused-ring (bicyclic) bond motifs is 1. The van der Waals surface area contributed by atoms with Gasteiger partial charge in [-0.15, -0.1) is 0 Å². The first-order valence-electron chi connectivity index (χ1n) is 10.1. The number of hydrogen-bond acceptors (Lipinski definition) is 3. The Bertz CT molecular complexity index is 1300. The lowest BCUT2D eigenvalue weighted by Gasteiger charge is -2.14. The van der Waals surface area contributed by atoms with Gasteiger partial charge in [0, 0.05) is 22.6 Å². The molecule has 1 heterocycles. The number of amides is 1. The highest BCUT2D eigenvalue weighted by molar-refractivity contribution is 6.38. The van der Waals surface area contributed by atoms with Crippen LogP contribution in [0.5, 0.6) is 0 Å². The maximum Gasteiger partial charge on any atom is 0.260 e. The number of rotatable bonds is 4. The third kappa shape index (κ3) is 3.27. The summed E-state index contributed by atoms with van der Waals surface area (Å²) in [6, 6.07) is 13.7. The first kappa shape index (κ1) is 20.7. The Kier molecular flexibility index (Phi) is 4.80. The molecule has 2 aliphatic rings. The van der Waals surface area contributed by atoms with E-state index in [0.29, 0.717) is 27.9 Å². The SMILES string of the molecule is O=C1Nc2cc(Cl)c(-c3ccc(C4(CO)CC4)cc3)cc2/C1=C(/O)c1ccc(F)cc1F. The molecule has 0 unspecified atom stereocenters. The van der Waals surface area contributed by atoms with Crippen LogP contribution in [-0.2, 0) is 10.2 Å². The van der Waals surface area contributed by atoms with Crippen molar-refractivity contribution >= 4 is 34.5 Å². The zero-order chi connectivity index (χ0) is 22.6. The fourth-order valence-electron chi connectivity index (χ4n) is 4.16. The Balaban J connectivity index is 1.60. The van der Waals surface area contributed by atoms with E-state index < -0.39 is 23.3 Å². The van der Waals surface area contributed by atoms with Gasteiger partial charge in [-0.25, -0.2) is 8.78 Å². The summed E-state index contributed by atoms with van der Waals surface area (Å²) in [6.07, 6.45) is 1.90. The average molecular weight is 454 g/mol. The average Bonchev–Trinajstić information content (AvgIpc) is 3.50. The molecule has 0 saturated heterocycles. The number of anilines is 1. The molecule has 0 aromatic heterocycles. The minimum atomic E-state index is -0.973. The van der Waals surface area contributed by atoms with Crippen LogP contribution in [0.25, 0.3) is 22.5 Å². The number of halogens is 3. The van der Waals surface area contributed by atoms with Crippen molar-refractivity contribution in [2.75, 3.05) is 11.9 Å². The molecule has 0 bridgehead atoms. The minimum Gasteiger partial charge on any atom is -0.506 e. The molecule has 1 saturated carbocycles. The number of hydrogen-bond donors (Lipinski definition) is 3. The van der Waals surface area contributed by atoms with Crippen molar-refractivity contribution in [3.63, 3.8) is 0 Å². The van der Waals surface area contributed by atoms with E-state index in [9.17, 15) is 23.8 Å². The molecule has 4 nitrogen and oxygen atoms in total. The molecule has 3 N–H and O–H groups in total. The van der Waals surface area contributed by atoms with Crippen LogP contribution in [0.4, 0.5) is 14.5 Å². The highest BCUT2D eigenvalue weighted by Crippen LogP contribution is 2.48. The molecule has 3 aromatic rings. The summed E-state index contributed by atoms with van der Waals surface area (Å²) < 4.78 is 27.5. The Morgan fingerprint density at radius 3 is 2.38 bits per heavy atom. The third-order valence-electron chi connectivity index (χ3n) is 6.24. The standard InChI is InChI=1S/C25H18ClF2NO3/c26-19-11-21-18(10-17(19)13-1-3-14(4-2-13)25(12-30)7-8-25)22(24(32)29-21)23(31)16-6-5-15(27)9-20(16)28/h1-6,9-11,30-31H,7-8,12H2,(H,29,32)/b23-22-. The van der Waals surface area contributed by atoms with Gasteiger partial charge in [-0.2, -0.15) is 0 Å². The van der Waals surface area contributed by atoms with Gasteiger partial charge in [0.25, 0.3) is 5.91 Å². The normalized spacial score (nSPS) is 17.7. The molecule has 1 amide bonds. The second-order valence-electron chi connectivity index (χ2n) is 8.20. The molecule has 1 fully saturated rings. The van der Waals surface area contributed by atoms with Crippen molar-refractivity contribution in [3.05, 3.63) is 87.9 Å². The second-order valence-corrected chi connectivity index (χ2v) is 8.60. The predicted molar refractivity (Wildman–Crippen MR) is 119 cm³/mol. The molecule has 7 heteroatoms. The van der Waals surface area contributed by atoms with E-state index in [1.54, 1.807) is 12.1 Å². The molecular formula is C25H18ClF2NO3. The zero-order valence-corrected chi connectivity index (χ0v) is 17.5. The highest BCUT2D eigenvalue weighted by atomic mass is 35.5. The number of carbonyl (C=O) groups is 1. The van der Waals surface area contributed by atoms with E-state index in [1.165, 1.54) is 0 Å². The van der Waals surface area contributed by atoms with Crippen molar-refractivity contribution in [3.8, 4) is 11.1 Å². The summed E-state index contributed by atoms with van der Waals surface area (Å²) in [4.78, 5) is 12.6. The lowest BCUT2D eigenvalue weighted by atomic mass is 9.93. The Morgan fingerprint density at radius 1 is 1.03 bits per heavy atom. The van der Waals surface area contributed by atoms with E-state index in [0.717, 1.165) is 36.1 Å². The van der Waals surface area contributed by atoms with Gasteiger partial charge in [0.15, 0.2) is 0 Å². The Hall–Kier alpha value is -3.22. The molecule has 1 aliphatic heterocycles. The fourth-order valence-corrected chi connectivity index (χ4v) is 4.43. The molecule has 0 atom stereocenters. The number of aliphatic hydroxyl groups excluding tert-OH is 2. The maximum absolute atomic E-state index is 14.2. The van der Waals surface area contributed by atoms with E-state index in [-0.39, 0.29) is 23.2 Å². The van der Waals surface area contributed by atoms with Crippen molar-refractivity contribution in [2.24, 2.45) is 0 Å². The van der Waals surface area contributed by atoms with Crippen LogP contribution in [0, 0.1) is 11.6 Å². The van der Waals surface area contributed by atoms with Gasteiger partial charge in [0.2, 0.25) is 0 Å². The monoisotopic (exact) mass is 453 g/mol. The Morgan fingerprint density at radius 2 is 1.75 bits per heavy atom. The van der Waals surface area contributed by atoms with Crippen molar-refractivity contribution in [1.29, 1.82) is 0 Å². The molecule has 0 spiro atoms. The largest absolute Gasteiger partial charge is 0.506 e. The molecular weight excluding hydrogens is 436 g/mol. The van der Waals surface area contributed by atoms with Gasteiger partial charge >= 0.3 is 0 Å². The van der Waals surface area contributed by atoms with Crippen LogP contribution in [-0.4, -0.2) is 22.7 Å². The number of carbonyl (C=O) groups excluding carboxylic acids is 1. The highest BCUT2D eigenvalue weighted by Gasteiger charge is 2.43. The van der Waals surface area contributed by atoms with Crippen molar-refractivity contribution in [2.45, 2.75) is 18.3 Å². The molecule has 32 heavy (non-hydrogen) atoms. The summed E-state index contributed by atoms with van der Waals surface area (Å²) in [7, 11) is 0. The lowest BCUT2D eigenvalue weighted by Crippen LogP contribution is -2.11. The molecule has 1 aliphatic carbocycles. The van der Waals surface area contributed by atoms with Gasteiger partial charge < -0.3 is 15.5 Å². The molecule has 162 valence electrons. The maximum atomic E-state index is 14.2. The predicted octanol–water partition coefficient (Wildman–Crippen LogP) is 5.69. The summed E-state index contributed by atoms with van der Waals surface area (Å²) >= 11 is 6.47. The van der Waals surface area contributed by atoms with Gasteiger partial charge in [0.05, 0.1) is 28.5 Å². The van der Waals surface area contributed by atoms with E-state index in [2.05, 4.69) is 5.32 Å². The van der Waals surface area contributed by atoms with Crippen LogP contribution in [0.15, 0.2) is 54.6 Å².